The summed E-state index contributed by atoms with van der Waals surface area (Å²) in [5.74, 6) is 0.462. The van der Waals surface area contributed by atoms with Crippen LogP contribution in [0.25, 0.3) is 11.2 Å². The van der Waals surface area contributed by atoms with Gasteiger partial charge in [-0.25, -0.2) is 9.59 Å². The van der Waals surface area contributed by atoms with Crippen molar-refractivity contribution >= 4 is 11.2 Å². The van der Waals surface area contributed by atoms with Gasteiger partial charge < -0.3 is 18.5 Å². The quantitative estimate of drug-likeness (QED) is 0.600. The molecule has 0 aliphatic carbocycles. The van der Waals surface area contributed by atoms with Gasteiger partial charge in [-0.1, -0.05) is 24.3 Å². The van der Waals surface area contributed by atoms with Crippen molar-refractivity contribution in [3.63, 3.8) is 0 Å². The second-order valence-corrected chi connectivity index (χ2v) is 8.16. The molecule has 1 fully saturated rings. The van der Waals surface area contributed by atoms with Crippen LogP contribution in [0, 0.1) is 11.3 Å². The first-order valence-electron chi connectivity index (χ1n) is 10.6. The minimum absolute atomic E-state index is 0.0986. The van der Waals surface area contributed by atoms with Crippen LogP contribution in [0.1, 0.15) is 42.4 Å². The normalized spacial score (nSPS) is 20.5. The Bertz CT molecular complexity index is 1300. The Hall–Kier alpha value is -3.37. The SMILES string of the molecule is N#CC1(CCCN2CCCC2)c2ccccc2COc2ccc3oc(=O)c(=O)oc3c21. The number of benzene rings is 2. The lowest BCUT2D eigenvalue weighted by atomic mass is 9.70. The van der Waals surface area contributed by atoms with E-state index in [0.717, 1.165) is 37.2 Å². The Morgan fingerprint density at radius 3 is 2.61 bits per heavy atom. The molecule has 0 spiro atoms. The summed E-state index contributed by atoms with van der Waals surface area (Å²) < 4.78 is 16.6. The van der Waals surface area contributed by atoms with Gasteiger partial charge in [0.1, 0.15) is 17.8 Å². The van der Waals surface area contributed by atoms with Crippen molar-refractivity contribution in [1.82, 2.24) is 4.90 Å². The molecule has 1 aromatic heterocycles. The third kappa shape index (κ3) is 3.24. The maximum Gasteiger partial charge on any atom is 0.423 e. The van der Waals surface area contributed by atoms with Gasteiger partial charge in [-0.2, -0.15) is 5.26 Å². The van der Waals surface area contributed by atoms with Crippen molar-refractivity contribution in [1.29, 1.82) is 5.26 Å². The van der Waals surface area contributed by atoms with Crippen LogP contribution in [0.5, 0.6) is 5.75 Å². The van der Waals surface area contributed by atoms with Crippen LogP contribution in [-0.4, -0.2) is 24.5 Å². The molecular formula is C24H22N2O5. The first-order chi connectivity index (χ1) is 15.1. The maximum atomic E-state index is 12.0. The number of ether oxygens (including phenoxy) is 1. The maximum absolute atomic E-state index is 12.0. The molecule has 31 heavy (non-hydrogen) atoms. The van der Waals surface area contributed by atoms with Gasteiger partial charge in [0.25, 0.3) is 0 Å². The molecule has 0 bridgehead atoms. The van der Waals surface area contributed by atoms with Crippen molar-refractivity contribution in [2.75, 3.05) is 19.6 Å². The Morgan fingerprint density at radius 2 is 1.81 bits per heavy atom. The van der Waals surface area contributed by atoms with Crippen LogP contribution < -0.4 is 16.0 Å². The zero-order valence-electron chi connectivity index (χ0n) is 17.1. The Labute approximate surface area is 178 Å². The summed E-state index contributed by atoms with van der Waals surface area (Å²) in [7, 11) is 0. The first kappa shape index (κ1) is 19.6. The summed E-state index contributed by atoms with van der Waals surface area (Å²) in [6.07, 6.45) is 3.73. The predicted molar refractivity (Wildman–Crippen MR) is 113 cm³/mol. The molecule has 2 aromatic carbocycles. The highest BCUT2D eigenvalue weighted by molar-refractivity contribution is 5.81. The Balaban J connectivity index is 1.72. The highest BCUT2D eigenvalue weighted by Crippen LogP contribution is 2.47. The van der Waals surface area contributed by atoms with E-state index in [9.17, 15) is 14.9 Å². The molecule has 1 unspecified atom stereocenters. The highest BCUT2D eigenvalue weighted by atomic mass is 16.5. The van der Waals surface area contributed by atoms with Crippen molar-refractivity contribution in [3.8, 4) is 11.8 Å². The molecular weight excluding hydrogens is 396 g/mol. The lowest BCUT2D eigenvalue weighted by molar-refractivity contribution is 0.304. The summed E-state index contributed by atoms with van der Waals surface area (Å²) in [6, 6.07) is 13.5. The second-order valence-electron chi connectivity index (χ2n) is 8.16. The lowest BCUT2D eigenvalue weighted by Gasteiger charge is -2.29. The number of nitrogens with zero attached hydrogens (tertiary/aromatic N) is 2. The van der Waals surface area contributed by atoms with E-state index >= 15 is 0 Å². The summed E-state index contributed by atoms with van der Waals surface area (Å²) in [5, 5.41) is 10.6. The van der Waals surface area contributed by atoms with Crippen LogP contribution >= 0.6 is 0 Å². The minimum atomic E-state index is -1.10. The van der Waals surface area contributed by atoms with E-state index in [0.29, 0.717) is 24.3 Å². The number of hydrogen-bond donors (Lipinski definition) is 0. The standard InChI is InChI=1S/C24H22N2O5/c25-15-24(10-5-13-26-11-3-4-12-26)17-7-2-1-6-16(17)14-29-18-8-9-19-21(20(18)24)31-23(28)22(27)30-19/h1-2,6-9H,3-5,10-14H2. The van der Waals surface area contributed by atoms with Gasteiger partial charge in [-0.05, 0) is 68.6 Å². The fraction of sp³-hybridized carbons (Fsp3) is 0.375. The second kappa shape index (κ2) is 7.71. The van der Waals surface area contributed by atoms with Crippen LogP contribution in [-0.2, 0) is 12.0 Å². The van der Waals surface area contributed by atoms with Gasteiger partial charge in [0.05, 0.1) is 11.6 Å². The third-order valence-electron chi connectivity index (χ3n) is 6.35. The van der Waals surface area contributed by atoms with Crippen molar-refractivity contribution in [2.45, 2.75) is 37.7 Å². The van der Waals surface area contributed by atoms with Crippen molar-refractivity contribution < 1.29 is 13.6 Å². The number of hydrogen-bond acceptors (Lipinski definition) is 7. The molecule has 3 heterocycles. The molecule has 5 rings (SSSR count). The molecule has 0 radical (unpaired) electrons. The van der Waals surface area contributed by atoms with Gasteiger partial charge in [0, 0.05) is 0 Å². The van der Waals surface area contributed by atoms with Crippen LogP contribution in [0.3, 0.4) is 0 Å². The van der Waals surface area contributed by atoms with E-state index < -0.39 is 16.7 Å². The first-order valence-corrected chi connectivity index (χ1v) is 10.6. The molecule has 2 aliphatic rings. The monoisotopic (exact) mass is 418 g/mol. The number of rotatable bonds is 4. The lowest BCUT2D eigenvalue weighted by Crippen LogP contribution is -2.30. The van der Waals surface area contributed by atoms with Crippen LogP contribution in [0.4, 0.5) is 0 Å². The Morgan fingerprint density at radius 1 is 1.03 bits per heavy atom. The zero-order chi connectivity index (χ0) is 21.4. The molecule has 3 aromatic rings. The van der Waals surface area contributed by atoms with E-state index in [1.165, 1.54) is 12.8 Å². The molecule has 158 valence electrons. The van der Waals surface area contributed by atoms with Gasteiger partial charge in [0.2, 0.25) is 0 Å². The van der Waals surface area contributed by atoms with E-state index in [4.69, 9.17) is 13.6 Å². The number of nitriles is 1. The van der Waals surface area contributed by atoms with E-state index in [1.54, 1.807) is 12.1 Å². The smallest absolute Gasteiger partial charge is 0.423 e. The van der Waals surface area contributed by atoms with Crippen molar-refractivity contribution in [2.24, 2.45) is 0 Å². The molecule has 0 saturated carbocycles. The van der Waals surface area contributed by atoms with Gasteiger partial charge in [0.15, 0.2) is 11.2 Å². The molecule has 2 aliphatic heterocycles. The minimum Gasteiger partial charge on any atom is -0.488 e. The zero-order valence-corrected chi connectivity index (χ0v) is 17.1. The number of fused-ring (bicyclic) bond motifs is 4. The van der Waals surface area contributed by atoms with E-state index in [2.05, 4.69) is 11.0 Å². The summed E-state index contributed by atoms with van der Waals surface area (Å²) in [5.41, 5.74) is -0.835. The average molecular weight is 418 g/mol. The predicted octanol–water partition coefficient (Wildman–Crippen LogP) is 3.32. The molecule has 1 saturated heterocycles. The van der Waals surface area contributed by atoms with E-state index in [-0.39, 0.29) is 11.2 Å². The number of likely N-dealkylation sites (tertiary alicyclic amines) is 1. The fourth-order valence-corrected chi connectivity index (χ4v) is 4.89. The average Bonchev–Trinajstić information content (AvgIpc) is 3.25. The molecule has 0 amide bonds. The van der Waals surface area contributed by atoms with Crippen LogP contribution in [0.15, 0.2) is 54.8 Å². The highest BCUT2D eigenvalue weighted by Gasteiger charge is 2.43. The van der Waals surface area contributed by atoms with Gasteiger partial charge >= 0.3 is 11.3 Å². The summed E-state index contributed by atoms with van der Waals surface area (Å²) in [4.78, 5) is 26.2. The fourth-order valence-electron chi connectivity index (χ4n) is 4.89. The molecule has 1 atom stereocenters. The molecule has 7 heteroatoms. The van der Waals surface area contributed by atoms with Gasteiger partial charge in [-0.3, -0.25) is 0 Å². The largest absolute Gasteiger partial charge is 0.488 e. The third-order valence-corrected chi connectivity index (χ3v) is 6.35. The topological polar surface area (TPSA) is 96.7 Å². The van der Waals surface area contributed by atoms with E-state index in [1.807, 2.05) is 24.3 Å². The molecule has 0 N–H and O–H groups in total. The van der Waals surface area contributed by atoms with Crippen molar-refractivity contribution in [3.05, 3.63) is 73.9 Å². The summed E-state index contributed by atoms with van der Waals surface area (Å²) >= 11 is 0. The summed E-state index contributed by atoms with van der Waals surface area (Å²) in [6.45, 7) is 3.36. The van der Waals surface area contributed by atoms with Gasteiger partial charge in [-0.15, -0.1) is 0 Å². The molecule has 7 nitrogen and oxygen atoms in total. The Kier molecular flexibility index (Phi) is 4.87. The van der Waals surface area contributed by atoms with Crippen LogP contribution in [0.2, 0.25) is 0 Å².